The SMILES string of the molecule is CC(=O)OCC1OC(OC2C(OC(C)C/C=C/C/C=C\CCCCCCCC(=O)O)OC(COC(C)=O)C(O)C2O)C(O)C(O)C1O. The van der Waals surface area contributed by atoms with E-state index in [1.54, 1.807) is 6.92 Å². The molecule has 11 atom stereocenters. The Morgan fingerprint density at radius 1 is 0.702 bits per heavy atom. The van der Waals surface area contributed by atoms with E-state index < -0.39 is 92.0 Å². The van der Waals surface area contributed by atoms with Gasteiger partial charge in [0.25, 0.3) is 0 Å². The third-order valence-corrected chi connectivity index (χ3v) is 7.71. The van der Waals surface area contributed by atoms with Gasteiger partial charge in [0.1, 0.15) is 62.0 Å². The Bertz CT molecular complexity index is 1000. The zero-order valence-electron chi connectivity index (χ0n) is 27.3. The number of esters is 2. The molecule has 47 heavy (non-hydrogen) atoms. The molecule has 0 spiro atoms. The van der Waals surface area contributed by atoms with Gasteiger partial charge >= 0.3 is 17.9 Å². The normalized spacial score (nSPS) is 32.0. The fraction of sp³-hybridized carbons (Fsp3) is 0.781. The zero-order valence-corrected chi connectivity index (χ0v) is 27.3. The Balaban J connectivity index is 1.96. The van der Waals surface area contributed by atoms with Crippen LogP contribution in [0.15, 0.2) is 24.3 Å². The van der Waals surface area contributed by atoms with Crippen molar-refractivity contribution in [2.24, 2.45) is 0 Å². The van der Waals surface area contributed by atoms with E-state index in [2.05, 4.69) is 6.08 Å². The largest absolute Gasteiger partial charge is 0.481 e. The molecule has 15 nitrogen and oxygen atoms in total. The second-order valence-electron chi connectivity index (χ2n) is 11.8. The summed E-state index contributed by atoms with van der Waals surface area (Å²) < 4.78 is 33.1. The molecule has 15 heteroatoms. The number of aliphatic carboxylic acids is 1. The van der Waals surface area contributed by atoms with Crippen molar-refractivity contribution in [1.82, 2.24) is 0 Å². The van der Waals surface area contributed by atoms with E-state index in [1.165, 1.54) is 6.92 Å². The van der Waals surface area contributed by atoms with Crippen LogP contribution in [0.2, 0.25) is 0 Å². The molecule has 2 fully saturated rings. The minimum atomic E-state index is -1.79. The summed E-state index contributed by atoms with van der Waals surface area (Å²) in [6.07, 6.45) is -0.837. The fourth-order valence-electron chi connectivity index (χ4n) is 5.05. The van der Waals surface area contributed by atoms with Gasteiger partial charge in [0.2, 0.25) is 0 Å². The number of carbonyl (C=O) groups is 3. The van der Waals surface area contributed by atoms with Crippen molar-refractivity contribution >= 4 is 17.9 Å². The summed E-state index contributed by atoms with van der Waals surface area (Å²) in [4.78, 5) is 33.2. The number of aliphatic hydroxyl groups is 5. The maximum atomic E-state index is 11.4. The third kappa shape index (κ3) is 14.7. The van der Waals surface area contributed by atoms with E-state index in [-0.39, 0.29) is 13.0 Å². The van der Waals surface area contributed by atoms with Crippen molar-refractivity contribution in [2.75, 3.05) is 13.2 Å². The number of carboxylic acid groups (broad SMARTS) is 1. The van der Waals surface area contributed by atoms with Crippen molar-refractivity contribution in [3.63, 3.8) is 0 Å². The summed E-state index contributed by atoms with van der Waals surface area (Å²) in [5.74, 6) is -2.05. The summed E-state index contributed by atoms with van der Waals surface area (Å²) in [5.41, 5.74) is 0. The van der Waals surface area contributed by atoms with Crippen molar-refractivity contribution in [3.05, 3.63) is 24.3 Å². The molecule has 2 saturated heterocycles. The van der Waals surface area contributed by atoms with Crippen molar-refractivity contribution in [3.8, 4) is 0 Å². The lowest BCUT2D eigenvalue weighted by molar-refractivity contribution is -0.371. The van der Waals surface area contributed by atoms with Crippen LogP contribution in [0.1, 0.15) is 78.6 Å². The van der Waals surface area contributed by atoms with E-state index in [0.717, 1.165) is 39.0 Å². The molecule has 6 N–H and O–H groups in total. The summed E-state index contributed by atoms with van der Waals surface area (Å²) >= 11 is 0. The van der Waals surface area contributed by atoms with E-state index in [1.807, 2.05) is 18.2 Å². The quantitative estimate of drug-likeness (QED) is 0.0597. The van der Waals surface area contributed by atoms with Gasteiger partial charge in [-0.15, -0.1) is 0 Å². The van der Waals surface area contributed by atoms with Gasteiger partial charge in [-0.25, -0.2) is 0 Å². The van der Waals surface area contributed by atoms with Crippen LogP contribution in [0.4, 0.5) is 0 Å². The van der Waals surface area contributed by atoms with Crippen molar-refractivity contribution in [2.45, 2.75) is 146 Å². The molecule has 270 valence electrons. The van der Waals surface area contributed by atoms with E-state index >= 15 is 0 Å². The smallest absolute Gasteiger partial charge is 0.303 e. The van der Waals surface area contributed by atoms with Crippen molar-refractivity contribution < 1.29 is 73.4 Å². The molecule has 0 amide bonds. The number of aliphatic hydroxyl groups excluding tert-OH is 5. The highest BCUT2D eigenvalue weighted by atomic mass is 16.8. The van der Waals surface area contributed by atoms with Gasteiger partial charge in [-0.3, -0.25) is 14.4 Å². The standard InChI is InChI=1S/C32H52O15/c1-19(15-13-11-9-7-5-4-6-8-10-12-14-16-24(35)36)44-32-30(28(40)26(38)23(46-32)18-43-21(3)34)47-31-29(41)27(39)25(37)22(45-31)17-42-20(2)33/h5,7,11,13,19,22-23,25-32,37-41H,4,6,8-10,12,14-18H2,1-3H3,(H,35,36)/b7-5-,13-11+. The minimum absolute atomic E-state index is 0.219. The number of hydrogen-bond acceptors (Lipinski definition) is 14. The molecule has 0 saturated carbocycles. The molecular weight excluding hydrogens is 624 g/mol. The van der Waals surface area contributed by atoms with Crippen LogP contribution in [0.3, 0.4) is 0 Å². The summed E-state index contributed by atoms with van der Waals surface area (Å²) in [5, 5.41) is 61.6. The van der Waals surface area contributed by atoms with E-state index in [0.29, 0.717) is 19.3 Å². The fourth-order valence-corrected chi connectivity index (χ4v) is 5.05. The first-order chi connectivity index (χ1) is 22.3. The first-order valence-electron chi connectivity index (χ1n) is 16.1. The number of rotatable bonds is 20. The number of carboxylic acids is 1. The first kappa shape index (κ1) is 40.7. The number of hydrogen-bond donors (Lipinski definition) is 6. The zero-order chi connectivity index (χ0) is 34.9. The molecule has 0 bridgehead atoms. The van der Waals surface area contributed by atoms with Gasteiger partial charge < -0.3 is 59.1 Å². The predicted octanol–water partition coefficient (Wildman–Crippen LogP) is 0.865. The average molecular weight is 677 g/mol. The summed E-state index contributed by atoms with van der Waals surface area (Å²) in [6, 6.07) is 0. The Morgan fingerprint density at radius 2 is 1.26 bits per heavy atom. The van der Waals surface area contributed by atoms with Gasteiger partial charge in [-0.05, 0) is 39.0 Å². The van der Waals surface area contributed by atoms with Crippen LogP contribution in [-0.4, -0.2) is 129 Å². The van der Waals surface area contributed by atoms with Gasteiger partial charge in [-0.1, -0.05) is 43.6 Å². The molecule has 2 heterocycles. The third-order valence-electron chi connectivity index (χ3n) is 7.71. The van der Waals surface area contributed by atoms with Crippen LogP contribution in [0.5, 0.6) is 0 Å². The second kappa shape index (κ2) is 21.5. The number of allylic oxidation sites excluding steroid dienone is 3. The lowest BCUT2D eigenvalue weighted by Gasteiger charge is -2.46. The molecule has 2 aliphatic rings. The molecule has 2 aliphatic heterocycles. The highest BCUT2D eigenvalue weighted by Crippen LogP contribution is 2.31. The van der Waals surface area contributed by atoms with Crippen LogP contribution < -0.4 is 0 Å². The molecule has 0 aliphatic carbocycles. The van der Waals surface area contributed by atoms with Gasteiger partial charge in [0, 0.05) is 20.3 Å². The topological polar surface area (TPSA) is 228 Å². The predicted molar refractivity (Wildman–Crippen MR) is 164 cm³/mol. The molecule has 11 unspecified atom stereocenters. The number of ether oxygens (including phenoxy) is 6. The number of unbranched alkanes of at least 4 members (excludes halogenated alkanes) is 5. The summed E-state index contributed by atoms with van der Waals surface area (Å²) in [6.45, 7) is 3.23. The average Bonchev–Trinajstić information content (AvgIpc) is 3.01. The Labute approximate surface area is 275 Å². The van der Waals surface area contributed by atoms with E-state index in [9.17, 15) is 39.9 Å². The van der Waals surface area contributed by atoms with Crippen LogP contribution in [-0.2, 0) is 42.8 Å². The van der Waals surface area contributed by atoms with E-state index in [4.69, 9.17) is 33.5 Å². The van der Waals surface area contributed by atoms with Crippen LogP contribution in [0, 0.1) is 0 Å². The lowest BCUT2D eigenvalue weighted by atomic mass is 9.97. The Morgan fingerprint density at radius 3 is 1.87 bits per heavy atom. The molecule has 2 rings (SSSR count). The van der Waals surface area contributed by atoms with Gasteiger partial charge in [-0.2, -0.15) is 0 Å². The lowest BCUT2D eigenvalue weighted by Crippen LogP contribution is -2.65. The highest BCUT2D eigenvalue weighted by molar-refractivity contribution is 5.66. The molecule has 0 radical (unpaired) electrons. The first-order valence-corrected chi connectivity index (χ1v) is 16.1. The van der Waals surface area contributed by atoms with Crippen LogP contribution >= 0.6 is 0 Å². The monoisotopic (exact) mass is 676 g/mol. The van der Waals surface area contributed by atoms with Gasteiger partial charge in [0.05, 0.1) is 6.10 Å². The summed E-state index contributed by atoms with van der Waals surface area (Å²) in [7, 11) is 0. The Hall–Kier alpha value is -2.47. The maximum absolute atomic E-state index is 11.4. The van der Waals surface area contributed by atoms with Crippen molar-refractivity contribution in [1.29, 1.82) is 0 Å². The minimum Gasteiger partial charge on any atom is -0.481 e. The molecular formula is C32H52O15. The molecule has 0 aromatic rings. The van der Waals surface area contributed by atoms with Crippen LogP contribution in [0.25, 0.3) is 0 Å². The maximum Gasteiger partial charge on any atom is 0.303 e. The number of carbonyl (C=O) groups excluding carboxylic acids is 2. The molecule has 0 aromatic carbocycles. The highest BCUT2D eigenvalue weighted by Gasteiger charge is 2.51. The van der Waals surface area contributed by atoms with Gasteiger partial charge in [0.15, 0.2) is 12.6 Å². The second-order valence-corrected chi connectivity index (χ2v) is 11.8. The molecule has 0 aromatic heterocycles. The Kier molecular flexibility index (Phi) is 18.6.